The molecule has 1 amide bonds. The van der Waals surface area contributed by atoms with Crippen LogP contribution in [-0.2, 0) is 0 Å². The van der Waals surface area contributed by atoms with Crippen molar-refractivity contribution in [3.63, 3.8) is 0 Å². The number of aryl methyl sites for hydroxylation is 1. The Balaban J connectivity index is 1.83. The van der Waals surface area contributed by atoms with E-state index in [1.165, 1.54) is 0 Å². The number of rotatable bonds is 2. The summed E-state index contributed by atoms with van der Waals surface area (Å²) in [6.07, 6.45) is 0.767. The third kappa shape index (κ3) is 3.03. The molecule has 1 aliphatic heterocycles. The Morgan fingerprint density at radius 2 is 2.14 bits per heavy atom. The Kier molecular flexibility index (Phi) is 3.84. The molecule has 1 atom stereocenters. The van der Waals surface area contributed by atoms with Gasteiger partial charge in [-0.3, -0.25) is 4.79 Å². The summed E-state index contributed by atoms with van der Waals surface area (Å²) in [5.41, 5.74) is 2.76. The van der Waals surface area contributed by atoms with Gasteiger partial charge in [0.2, 0.25) is 0 Å². The standard InChI is InChI=1S/C17H16ClNO2/c1-11-5-6-16-14(9-11)15(7-8-21-16)19-17(20)12-3-2-4-13(18)10-12/h2-6,9-10,15H,7-8H2,1H3,(H,19,20). The molecule has 0 fully saturated rings. The fourth-order valence-electron chi connectivity index (χ4n) is 2.54. The molecule has 3 nitrogen and oxygen atoms in total. The summed E-state index contributed by atoms with van der Waals surface area (Å²) in [5, 5.41) is 3.63. The monoisotopic (exact) mass is 301 g/mol. The molecular formula is C17H16ClNO2. The van der Waals surface area contributed by atoms with Gasteiger partial charge in [-0.2, -0.15) is 0 Å². The van der Waals surface area contributed by atoms with E-state index in [9.17, 15) is 4.79 Å². The van der Waals surface area contributed by atoms with Crippen molar-refractivity contribution < 1.29 is 9.53 Å². The minimum atomic E-state index is -0.114. The SMILES string of the molecule is Cc1ccc2c(c1)C(NC(=O)c1cccc(Cl)c1)CCO2. The average Bonchev–Trinajstić information content (AvgIpc) is 2.48. The van der Waals surface area contributed by atoms with Crippen LogP contribution in [0, 0.1) is 6.92 Å². The van der Waals surface area contributed by atoms with Crippen LogP contribution in [0.4, 0.5) is 0 Å². The van der Waals surface area contributed by atoms with Gasteiger partial charge in [0.05, 0.1) is 12.6 Å². The van der Waals surface area contributed by atoms with Crippen LogP contribution in [0.25, 0.3) is 0 Å². The molecular weight excluding hydrogens is 286 g/mol. The highest BCUT2D eigenvalue weighted by Gasteiger charge is 2.23. The van der Waals surface area contributed by atoms with Gasteiger partial charge in [-0.25, -0.2) is 0 Å². The van der Waals surface area contributed by atoms with Gasteiger partial charge in [0.15, 0.2) is 0 Å². The lowest BCUT2D eigenvalue weighted by Gasteiger charge is -2.27. The summed E-state index contributed by atoms with van der Waals surface area (Å²) in [4.78, 5) is 12.3. The summed E-state index contributed by atoms with van der Waals surface area (Å²) < 4.78 is 5.64. The fourth-order valence-corrected chi connectivity index (χ4v) is 2.73. The molecule has 4 heteroatoms. The predicted molar refractivity (Wildman–Crippen MR) is 83.0 cm³/mol. The molecule has 0 spiro atoms. The first-order chi connectivity index (χ1) is 10.1. The van der Waals surface area contributed by atoms with E-state index in [1.807, 2.05) is 19.1 Å². The van der Waals surface area contributed by atoms with Gasteiger partial charge < -0.3 is 10.1 Å². The van der Waals surface area contributed by atoms with Crippen molar-refractivity contribution in [2.24, 2.45) is 0 Å². The Morgan fingerprint density at radius 1 is 1.29 bits per heavy atom. The van der Waals surface area contributed by atoms with Gasteiger partial charge in [-0.15, -0.1) is 0 Å². The van der Waals surface area contributed by atoms with Crippen molar-refractivity contribution >= 4 is 17.5 Å². The summed E-state index contributed by atoms with van der Waals surface area (Å²) in [6.45, 7) is 2.64. The van der Waals surface area contributed by atoms with Gasteiger partial charge >= 0.3 is 0 Å². The van der Waals surface area contributed by atoms with Crippen LogP contribution in [0.15, 0.2) is 42.5 Å². The van der Waals surface area contributed by atoms with Crippen LogP contribution in [0.3, 0.4) is 0 Å². The van der Waals surface area contributed by atoms with Crippen LogP contribution in [0.5, 0.6) is 5.75 Å². The van der Waals surface area contributed by atoms with E-state index in [0.717, 1.165) is 23.3 Å². The Bertz CT molecular complexity index is 684. The van der Waals surface area contributed by atoms with Crippen molar-refractivity contribution in [1.82, 2.24) is 5.32 Å². The summed E-state index contributed by atoms with van der Waals surface area (Å²) >= 11 is 5.93. The number of hydrogen-bond acceptors (Lipinski definition) is 2. The van der Waals surface area contributed by atoms with E-state index < -0.39 is 0 Å². The number of ether oxygens (including phenoxy) is 1. The molecule has 1 unspecified atom stereocenters. The van der Waals surface area contributed by atoms with E-state index in [2.05, 4.69) is 11.4 Å². The van der Waals surface area contributed by atoms with E-state index >= 15 is 0 Å². The quantitative estimate of drug-likeness (QED) is 0.913. The number of carbonyl (C=O) groups is 1. The number of hydrogen-bond donors (Lipinski definition) is 1. The second-order valence-electron chi connectivity index (χ2n) is 5.21. The van der Waals surface area contributed by atoms with Crippen molar-refractivity contribution in [2.75, 3.05) is 6.61 Å². The maximum atomic E-state index is 12.3. The maximum Gasteiger partial charge on any atom is 0.251 e. The Hall–Kier alpha value is -2.00. The molecule has 1 heterocycles. The molecule has 0 bridgehead atoms. The molecule has 0 saturated carbocycles. The van der Waals surface area contributed by atoms with Gasteiger partial charge in [-0.05, 0) is 31.2 Å². The first-order valence-corrected chi connectivity index (χ1v) is 7.31. The number of fused-ring (bicyclic) bond motifs is 1. The molecule has 0 aliphatic carbocycles. The zero-order valence-corrected chi connectivity index (χ0v) is 12.5. The summed E-state index contributed by atoms with van der Waals surface area (Å²) in [6, 6.07) is 13.0. The molecule has 1 aliphatic rings. The van der Waals surface area contributed by atoms with Crippen molar-refractivity contribution in [1.29, 1.82) is 0 Å². The van der Waals surface area contributed by atoms with Crippen LogP contribution in [-0.4, -0.2) is 12.5 Å². The van der Waals surface area contributed by atoms with Crippen molar-refractivity contribution in [2.45, 2.75) is 19.4 Å². The number of amides is 1. The van der Waals surface area contributed by atoms with Crippen molar-refractivity contribution in [3.8, 4) is 5.75 Å². The second kappa shape index (κ2) is 5.78. The van der Waals surface area contributed by atoms with Crippen LogP contribution in [0.2, 0.25) is 5.02 Å². The molecule has 2 aromatic carbocycles. The van der Waals surface area contributed by atoms with Crippen LogP contribution in [0.1, 0.15) is 33.9 Å². The van der Waals surface area contributed by atoms with E-state index in [0.29, 0.717) is 17.2 Å². The second-order valence-corrected chi connectivity index (χ2v) is 5.65. The molecule has 0 radical (unpaired) electrons. The van der Waals surface area contributed by atoms with Crippen LogP contribution >= 0.6 is 11.6 Å². The number of halogens is 1. The first-order valence-electron chi connectivity index (χ1n) is 6.93. The smallest absolute Gasteiger partial charge is 0.251 e. The Morgan fingerprint density at radius 3 is 2.95 bits per heavy atom. The highest BCUT2D eigenvalue weighted by atomic mass is 35.5. The summed E-state index contributed by atoms with van der Waals surface area (Å²) in [7, 11) is 0. The zero-order chi connectivity index (χ0) is 14.8. The molecule has 0 aromatic heterocycles. The highest BCUT2D eigenvalue weighted by Crippen LogP contribution is 2.32. The topological polar surface area (TPSA) is 38.3 Å². The number of benzene rings is 2. The molecule has 1 N–H and O–H groups in total. The maximum absolute atomic E-state index is 12.3. The number of nitrogens with one attached hydrogen (secondary N) is 1. The average molecular weight is 302 g/mol. The van der Waals surface area contributed by atoms with E-state index in [-0.39, 0.29) is 11.9 Å². The van der Waals surface area contributed by atoms with Gasteiger partial charge in [0.25, 0.3) is 5.91 Å². The third-order valence-electron chi connectivity index (χ3n) is 3.60. The normalized spacial score (nSPS) is 16.8. The predicted octanol–water partition coefficient (Wildman–Crippen LogP) is 3.90. The first kappa shape index (κ1) is 14.0. The molecule has 21 heavy (non-hydrogen) atoms. The van der Waals surface area contributed by atoms with Gasteiger partial charge in [-0.1, -0.05) is 35.4 Å². The molecule has 2 aromatic rings. The van der Waals surface area contributed by atoms with E-state index in [4.69, 9.17) is 16.3 Å². The summed E-state index contributed by atoms with van der Waals surface area (Å²) in [5.74, 6) is 0.736. The molecule has 3 rings (SSSR count). The number of carbonyl (C=O) groups excluding carboxylic acids is 1. The van der Waals surface area contributed by atoms with Crippen LogP contribution < -0.4 is 10.1 Å². The van der Waals surface area contributed by atoms with Crippen molar-refractivity contribution in [3.05, 3.63) is 64.2 Å². The van der Waals surface area contributed by atoms with Gasteiger partial charge in [0.1, 0.15) is 5.75 Å². The minimum absolute atomic E-state index is 0.0277. The largest absolute Gasteiger partial charge is 0.493 e. The lowest BCUT2D eigenvalue weighted by atomic mass is 9.98. The Labute approximate surface area is 128 Å². The minimum Gasteiger partial charge on any atom is -0.493 e. The van der Waals surface area contributed by atoms with Gasteiger partial charge in [0, 0.05) is 22.6 Å². The third-order valence-corrected chi connectivity index (χ3v) is 3.83. The molecule has 108 valence electrons. The highest BCUT2D eigenvalue weighted by molar-refractivity contribution is 6.30. The fraction of sp³-hybridized carbons (Fsp3) is 0.235. The zero-order valence-electron chi connectivity index (χ0n) is 11.7. The molecule has 0 saturated heterocycles. The lowest BCUT2D eigenvalue weighted by molar-refractivity contribution is 0.0925. The lowest BCUT2D eigenvalue weighted by Crippen LogP contribution is -2.32. The van der Waals surface area contributed by atoms with E-state index in [1.54, 1.807) is 24.3 Å².